The maximum Gasteiger partial charge on any atom is 0.256 e. The van der Waals surface area contributed by atoms with E-state index in [1.54, 1.807) is 42.6 Å². The van der Waals surface area contributed by atoms with E-state index in [1.807, 2.05) is 48.5 Å². The predicted octanol–water partition coefficient (Wildman–Crippen LogP) is 4.69. The van der Waals surface area contributed by atoms with Crippen molar-refractivity contribution in [1.29, 1.82) is 0 Å². The molecule has 0 aliphatic rings. The Morgan fingerprint density at radius 2 is 1.52 bits per heavy atom. The van der Waals surface area contributed by atoms with Crippen LogP contribution >= 0.6 is 0 Å². The summed E-state index contributed by atoms with van der Waals surface area (Å²) in [7, 11) is 0. The molecule has 0 radical (unpaired) electrons. The second kappa shape index (κ2) is 8.35. The fraction of sp³-hybridized carbons (Fsp3) is 0.0417. The average molecular weight is 381 g/mol. The molecule has 1 amide bonds. The van der Waals surface area contributed by atoms with E-state index in [0.29, 0.717) is 29.2 Å². The van der Waals surface area contributed by atoms with Crippen molar-refractivity contribution in [2.75, 3.05) is 5.32 Å². The molecule has 5 heteroatoms. The molecule has 1 aromatic heterocycles. The summed E-state index contributed by atoms with van der Waals surface area (Å²) in [5.41, 5.74) is 3.81. The Bertz CT molecular complexity index is 1110. The third-order valence-corrected chi connectivity index (χ3v) is 4.49. The Hall–Kier alpha value is -3.99. The van der Waals surface area contributed by atoms with E-state index in [2.05, 4.69) is 10.3 Å². The van der Waals surface area contributed by atoms with E-state index < -0.39 is 0 Å². The Labute approximate surface area is 168 Å². The quantitative estimate of drug-likeness (QED) is 0.526. The minimum absolute atomic E-state index is 0.193. The zero-order valence-electron chi connectivity index (χ0n) is 15.6. The van der Waals surface area contributed by atoms with Crippen LogP contribution in [0.2, 0.25) is 0 Å². The van der Waals surface area contributed by atoms with E-state index >= 15 is 0 Å². The molecule has 5 nitrogen and oxygen atoms in total. The van der Waals surface area contributed by atoms with Crippen LogP contribution in [0.3, 0.4) is 0 Å². The second-order valence-electron chi connectivity index (χ2n) is 6.58. The van der Waals surface area contributed by atoms with Crippen molar-refractivity contribution < 1.29 is 9.90 Å². The Morgan fingerprint density at radius 3 is 2.21 bits per heavy atom. The molecule has 0 unspecified atom stereocenters. The van der Waals surface area contributed by atoms with Crippen LogP contribution in [-0.2, 0) is 6.42 Å². The summed E-state index contributed by atoms with van der Waals surface area (Å²) in [5, 5.41) is 12.4. The van der Waals surface area contributed by atoms with E-state index in [9.17, 15) is 9.90 Å². The zero-order valence-corrected chi connectivity index (χ0v) is 15.6. The molecule has 1 heterocycles. The first-order valence-corrected chi connectivity index (χ1v) is 9.25. The SMILES string of the molecule is O=C(Nc1ncc(-c2ccc(O)cc2)nc1Cc1ccccc1)c1ccccc1. The van der Waals surface area contributed by atoms with Gasteiger partial charge in [0.1, 0.15) is 5.75 Å². The molecule has 0 atom stereocenters. The molecule has 0 spiro atoms. The van der Waals surface area contributed by atoms with Gasteiger partial charge in [-0.3, -0.25) is 4.79 Å². The van der Waals surface area contributed by atoms with Gasteiger partial charge < -0.3 is 10.4 Å². The summed E-state index contributed by atoms with van der Waals surface area (Å²) >= 11 is 0. The highest BCUT2D eigenvalue weighted by Crippen LogP contribution is 2.23. The van der Waals surface area contributed by atoms with Crippen molar-refractivity contribution in [2.24, 2.45) is 0 Å². The van der Waals surface area contributed by atoms with Gasteiger partial charge in [-0.2, -0.15) is 0 Å². The molecule has 0 aliphatic heterocycles. The smallest absolute Gasteiger partial charge is 0.256 e. The van der Waals surface area contributed by atoms with Crippen LogP contribution in [0.4, 0.5) is 5.82 Å². The maximum absolute atomic E-state index is 12.6. The van der Waals surface area contributed by atoms with E-state index in [1.165, 1.54) is 0 Å². The highest BCUT2D eigenvalue weighted by molar-refractivity contribution is 6.04. The molecule has 4 aromatic rings. The van der Waals surface area contributed by atoms with E-state index in [4.69, 9.17) is 4.98 Å². The van der Waals surface area contributed by atoms with Crippen molar-refractivity contribution in [2.45, 2.75) is 6.42 Å². The Morgan fingerprint density at radius 1 is 0.862 bits per heavy atom. The summed E-state index contributed by atoms with van der Waals surface area (Å²) in [6.07, 6.45) is 2.16. The first-order valence-electron chi connectivity index (χ1n) is 9.25. The number of aromatic hydroxyl groups is 1. The van der Waals surface area contributed by atoms with Crippen LogP contribution in [0.1, 0.15) is 21.6 Å². The van der Waals surface area contributed by atoms with Crippen molar-refractivity contribution in [3.63, 3.8) is 0 Å². The Kier molecular flexibility index (Phi) is 5.29. The van der Waals surface area contributed by atoms with Crippen LogP contribution in [0, 0.1) is 0 Å². The molecule has 0 aliphatic carbocycles. The van der Waals surface area contributed by atoms with Gasteiger partial charge in [0, 0.05) is 17.5 Å². The van der Waals surface area contributed by atoms with Gasteiger partial charge in [-0.05, 0) is 42.0 Å². The number of nitrogens with zero attached hydrogens (tertiary/aromatic N) is 2. The first kappa shape index (κ1) is 18.4. The van der Waals surface area contributed by atoms with Gasteiger partial charge in [0.2, 0.25) is 0 Å². The molecule has 29 heavy (non-hydrogen) atoms. The summed E-state index contributed by atoms with van der Waals surface area (Å²) < 4.78 is 0. The fourth-order valence-corrected chi connectivity index (χ4v) is 2.98. The number of carbonyl (C=O) groups excluding carboxylic acids is 1. The molecule has 2 N–H and O–H groups in total. The van der Waals surface area contributed by atoms with Gasteiger partial charge in [0.05, 0.1) is 17.6 Å². The van der Waals surface area contributed by atoms with Crippen LogP contribution in [-0.4, -0.2) is 21.0 Å². The third kappa shape index (κ3) is 4.47. The summed E-state index contributed by atoms with van der Waals surface area (Å²) in [5.74, 6) is 0.398. The van der Waals surface area contributed by atoms with Gasteiger partial charge in [-0.25, -0.2) is 9.97 Å². The van der Waals surface area contributed by atoms with Crippen LogP contribution < -0.4 is 5.32 Å². The second-order valence-corrected chi connectivity index (χ2v) is 6.58. The molecular weight excluding hydrogens is 362 g/mol. The summed E-state index contributed by atoms with van der Waals surface area (Å²) in [6.45, 7) is 0. The molecular formula is C24H19N3O2. The number of hydrogen-bond acceptors (Lipinski definition) is 4. The number of anilines is 1. The van der Waals surface area contributed by atoms with Gasteiger partial charge in [0.15, 0.2) is 5.82 Å². The number of benzene rings is 3. The average Bonchev–Trinajstić information content (AvgIpc) is 2.77. The van der Waals surface area contributed by atoms with Gasteiger partial charge in [0.25, 0.3) is 5.91 Å². The van der Waals surface area contributed by atoms with Gasteiger partial charge >= 0.3 is 0 Å². The predicted molar refractivity (Wildman–Crippen MR) is 113 cm³/mol. The van der Waals surface area contributed by atoms with Gasteiger partial charge in [-0.1, -0.05) is 48.5 Å². The van der Waals surface area contributed by atoms with Crippen molar-refractivity contribution in [1.82, 2.24) is 9.97 Å². The number of phenolic OH excluding ortho intramolecular Hbond substituents is 1. The lowest BCUT2D eigenvalue weighted by molar-refractivity contribution is 0.102. The highest BCUT2D eigenvalue weighted by atomic mass is 16.3. The minimum Gasteiger partial charge on any atom is -0.508 e. The molecule has 142 valence electrons. The van der Waals surface area contributed by atoms with Crippen molar-refractivity contribution in [3.8, 4) is 17.0 Å². The number of nitrogens with one attached hydrogen (secondary N) is 1. The van der Waals surface area contributed by atoms with Crippen LogP contribution in [0.25, 0.3) is 11.3 Å². The number of amides is 1. The normalized spacial score (nSPS) is 10.5. The van der Waals surface area contributed by atoms with E-state index in [-0.39, 0.29) is 11.7 Å². The molecule has 3 aromatic carbocycles. The maximum atomic E-state index is 12.6. The Balaban J connectivity index is 1.69. The molecule has 0 saturated carbocycles. The number of phenols is 1. The number of hydrogen-bond donors (Lipinski definition) is 2. The lowest BCUT2D eigenvalue weighted by Gasteiger charge is -2.12. The number of rotatable bonds is 5. The lowest BCUT2D eigenvalue weighted by atomic mass is 10.1. The molecule has 0 saturated heterocycles. The van der Waals surface area contributed by atoms with Crippen LogP contribution in [0.15, 0.2) is 91.1 Å². The fourth-order valence-electron chi connectivity index (χ4n) is 2.98. The minimum atomic E-state index is -0.230. The highest BCUT2D eigenvalue weighted by Gasteiger charge is 2.14. The lowest BCUT2D eigenvalue weighted by Crippen LogP contribution is -2.15. The molecule has 4 rings (SSSR count). The summed E-state index contributed by atoms with van der Waals surface area (Å²) in [4.78, 5) is 21.8. The van der Waals surface area contributed by atoms with Crippen LogP contribution in [0.5, 0.6) is 5.75 Å². The standard InChI is InChI=1S/C24H19N3O2/c28-20-13-11-18(12-14-20)22-16-25-23(27-24(29)19-9-5-2-6-10-19)21(26-22)15-17-7-3-1-4-8-17/h1-14,16,28H,15H2,(H,25,27,29). The number of carbonyl (C=O) groups is 1. The summed E-state index contributed by atoms with van der Waals surface area (Å²) in [6, 6.07) is 25.7. The zero-order chi connectivity index (χ0) is 20.1. The van der Waals surface area contributed by atoms with Crippen molar-refractivity contribution in [3.05, 3.63) is 108 Å². The third-order valence-electron chi connectivity index (χ3n) is 4.49. The topological polar surface area (TPSA) is 75.1 Å². The monoisotopic (exact) mass is 381 g/mol. The first-order chi connectivity index (χ1) is 14.2. The molecule has 0 fully saturated rings. The van der Waals surface area contributed by atoms with Crippen molar-refractivity contribution >= 4 is 11.7 Å². The van der Waals surface area contributed by atoms with E-state index in [0.717, 1.165) is 11.1 Å². The van der Waals surface area contributed by atoms with Gasteiger partial charge in [-0.15, -0.1) is 0 Å². The number of aromatic nitrogens is 2. The molecule has 0 bridgehead atoms. The largest absolute Gasteiger partial charge is 0.508 e.